The Balaban J connectivity index is 2.99. The maximum absolute atomic E-state index is 11.8. The Morgan fingerprint density at radius 2 is 2.00 bits per heavy atom. The fraction of sp³-hybridized carbons (Fsp3) is 0.556. The highest BCUT2D eigenvalue weighted by Gasteiger charge is 2.17. The van der Waals surface area contributed by atoms with Crippen LogP contribution in [-0.4, -0.2) is 28.9 Å². The second-order valence-corrected chi connectivity index (χ2v) is 3.93. The van der Waals surface area contributed by atoms with Crippen molar-refractivity contribution in [3.05, 3.63) is 20.2 Å². The van der Waals surface area contributed by atoms with Gasteiger partial charge in [-0.2, -0.15) is 0 Å². The molecule has 0 fully saturated rings. The van der Waals surface area contributed by atoms with Crippen LogP contribution < -0.4 is 4.87 Å². The van der Waals surface area contributed by atoms with Gasteiger partial charge in [0, 0.05) is 18.8 Å². The summed E-state index contributed by atoms with van der Waals surface area (Å²) in [5, 5.41) is 0. The van der Waals surface area contributed by atoms with E-state index in [0.717, 1.165) is 11.3 Å². The molecule has 0 aliphatic rings. The van der Waals surface area contributed by atoms with E-state index in [-0.39, 0.29) is 10.8 Å². The van der Waals surface area contributed by atoms with Gasteiger partial charge in [-0.05, 0) is 20.8 Å². The molecule has 0 aromatic carbocycles. The summed E-state index contributed by atoms with van der Waals surface area (Å²) < 4.78 is 0. The zero-order chi connectivity index (χ0) is 10.7. The Labute approximate surface area is 86.6 Å². The Morgan fingerprint density at radius 3 is 2.36 bits per heavy atom. The van der Waals surface area contributed by atoms with Crippen molar-refractivity contribution >= 4 is 17.2 Å². The van der Waals surface area contributed by atoms with E-state index in [4.69, 9.17) is 0 Å². The lowest BCUT2D eigenvalue weighted by molar-refractivity contribution is 0.0777. The van der Waals surface area contributed by atoms with E-state index in [0.29, 0.717) is 23.7 Å². The lowest BCUT2D eigenvalue weighted by atomic mass is 10.3. The van der Waals surface area contributed by atoms with E-state index in [1.807, 2.05) is 13.8 Å². The van der Waals surface area contributed by atoms with Crippen molar-refractivity contribution in [2.24, 2.45) is 0 Å². The van der Waals surface area contributed by atoms with Crippen LogP contribution in [0.3, 0.4) is 0 Å². The molecular weight excluding hydrogens is 200 g/mol. The smallest absolute Gasteiger partial charge is 0.305 e. The lowest BCUT2D eigenvalue weighted by Crippen LogP contribution is -2.30. The molecule has 14 heavy (non-hydrogen) atoms. The molecule has 0 atom stereocenters. The van der Waals surface area contributed by atoms with Crippen LogP contribution in [0, 0.1) is 6.92 Å². The average molecular weight is 214 g/mol. The third-order valence-corrected chi connectivity index (χ3v) is 3.04. The van der Waals surface area contributed by atoms with E-state index in [2.05, 4.69) is 4.98 Å². The summed E-state index contributed by atoms with van der Waals surface area (Å²) >= 11 is 0.979. The van der Waals surface area contributed by atoms with Gasteiger partial charge in [-0.3, -0.25) is 9.59 Å². The first-order valence-electron chi connectivity index (χ1n) is 4.59. The number of hydrogen-bond donors (Lipinski definition) is 1. The molecule has 0 aliphatic carbocycles. The SMILES string of the molecule is CCN(CC)C(=O)c1sc(=O)[nH]c1C. The van der Waals surface area contributed by atoms with Crippen LogP contribution in [-0.2, 0) is 0 Å². The molecule has 5 heteroatoms. The Kier molecular flexibility index (Phi) is 3.46. The predicted molar refractivity (Wildman–Crippen MR) is 56.9 cm³/mol. The van der Waals surface area contributed by atoms with E-state index < -0.39 is 0 Å². The predicted octanol–water partition coefficient (Wildman–Crippen LogP) is 1.23. The van der Waals surface area contributed by atoms with Crippen LogP contribution in [0.25, 0.3) is 0 Å². The van der Waals surface area contributed by atoms with Crippen molar-refractivity contribution in [2.45, 2.75) is 20.8 Å². The van der Waals surface area contributed by atoms with Gasteiger partial charge < -0.3 is 9.88 Å². The number of aromatic nitrogens is 1. The van der Waals surface area contributed by atoms with E-state index in [9.17, 15) is 9.59 Å². The second kappa shape index (κ2) is 4.41. The molecular formula is C9H14N2O2S. The first-order chi connectivity index (χ1) is 6.60. The third-order valence-electron chi connectivity index (χ3n) is 2.07. The summed E-state index contributed by atoms with van der Waals surface area (Å²) in [6.07, 6.45) is 0. The minimum absolute atomic E-state index is 0.0594. The van der Waals surface area contributed by atoms with Gasteiger partial charge in [0.1, 0.15) is 4.88 Å². The lowest BCUT2D eigenvalue weighted by Gasteiger charge is -2.17. The van der Waals surface area contributed by atoms with Crippen LogP contribution in [0.5, 0.6) is 0 Å². The van der Waals surface area contributed by atoms with Crippen molar-refractivity contribution in [1.82, 2.24) is 9.88 Å². The van der Waals surface area contributed by atoms with Gasteiger partial charge in [0.15, 0.2) is 0 Å². The number of H-pyrrole nitrogens is 1. The molecule has 0 bridgehead atoms. The molecule has 0 spiro atoms. The molecule has 0 saturated carbocycles. The number of amides is 1. The zero-order valence-corrected chi connectivity index (χ0v) is 9.40. The minimum Gasteiger partial charge on any atom is -0.338 e. The largest absolute Gasteiger partial charge is 0.338 e. The quantitative estimate of drug-likeness (QED) is 0.822. The number of aromatic amines is 1. The van der Waals surface area contributed by atoms with Crippen molar-refractivity contribution in [1.29, 1.82) is 0 Å². The van der Waals surface area contributed by atoms with Crippen LogP contribution >= 0.6 is 11.3 Å². The summed E-state index contributed by atoms with van der Waals surface area (Å²) in [7, 11) is 0. The Bertz CT molecular complexity index is 376. The van der Waals surface area contributed by atoms with Crippen molar-refractivity contribution in [2.75, 3.05) is 13.1 Å². The first-order valence-corrected chi connectivity index (χ1v) is 5.40. The molecule has 4 nitrogen and oxygen atoms in total. The molecule has 0 unspecified atom stereocenters. The van der Waals surface area contributed by atoms with Gasteiger partial charge in [0.25, 0.3) is 5.91 Å². The van der Waals surface area contributed by atoms with E-state index in [1.54, 1.807) is 11.8 Å². The standard InChI is InChI=1S/C9H14N2O2S/c1-4-11(5-2)8(12)7-6(3)10-9(13)14-7/h4-5H2,1-3H3,(H,10,13). The first kappa shape index (κ1) is 11.0. The molecule has 1 N–H and O–H groups in total. The van der Waals surface area contributed by atoms with Crippen LogP contribution in [0.2, 0.25) is 0 Å². The third kappa shape index (κ3) is 2.04. The highest BCUT2D eigenvalue weighted by Crippen LogP contribution is 2.11. The van der Waals surface area contributed by atoms with Crippen molar-refractivity contribution in [3.63, 3.8) is 0 Å². The minimum atomic E-state index is -0.169. The Hall–Kier alpha value is -1.10. The number of thiazole rings is 1. The number of rotatable bonds is 3. The van der Waals surface area contributed by atoms with Crippen LogP contribution in [0.15, 0.2) is 4.79 Å². The fourth-order valence-electron chi connectivity index (χ4n) is 1.26. The summed E-state index contributed by atoms with van der Waals surface area (Å²) in [5.74, 6) is -0.0594. The topological polar surface area (TPSA) is 53.2 Å². The summed E-state index contributed by atoms with van der Waals surface area (Å²) in [6.45, 7) is 6.93. The van der Waals surface area contributed by atoms with Gasteiger partial charge in [-0.15, -0.1) is 0 Å². The van der Waals surface area contributed by atoms with Gasteiger partial charge >= 0.3 is 4.87 Å². The molecule has 1 aromatic rings. The zero-order valence-electron chi connectivity index (χ0n) is 8.59. The van der Waals surface area contributed by atoms with E-state index >= 15 is 0 Å². The fourth-order valence-corrected chi connectivity index (χ4v) is 2.07. The van der Waals surface area contributed by atoms with Crippen LogP contribution in [0.4, 0.5) is 0 Å². The number of carbonyl (C=O) groups is 1. The number of aryl methyl sites for hydroxylation is 1. The summed E-state index contributed by atoms with van der Waals surface area (Å²) in [5.41, 5.74) is 0.664. The molecule has 1 rings (SSSR count). The maximum Gasteiger partial charge on any atom is 0.305 e. The van der Waals surface area contributed by atoms with Crippen LogP contribution in [0.1, 0.15) is 29.2 Å². The average Bonchev–Trinajstić information content (AvgIpc) is 2.47. The second-order valence-electron chi connectivity index (χ2n) is 2.95. The normalized spacial score (nSPS) is 10.2. The molecule has 1 heterocycles. The van der Waals surface area contributed by atoms with Gasteiger partial charge in [-0.1, -0.05) is 11.3 Å². The molecule has 0 saturated heterocycles. The number of nitrogens with zero attached hydrogens (tertiary/aromatic N) is 1. The maximum atomic E-state index is 11.8. The molecule has 0 aliphatic heterocycles. The molecule has 1 aromatic heterocycles. The van der Waals surface area contributed by atoms with Gasteiger partial charge in [0.2, 0.25) is 0 Å². The number of hydrogen-bond acceptors (Lipinski definition) is 3. The highest BCUT2D eigenvalue weighted by molar-refractivity contribution is 7.11. The molecule has 1 amide bonds. The monoisotopic (exact) mass is 214 g/mol. The molecule has 78 valence electrons. The number of nitrogens with one attached hydrogen (secondary N) is 1. The summed E-state index contributed by atoms with van der Waals surface area (Å²) in [4.78, 5) is 27.5. The van der Waals surface area contributed by atoms with Gasteiger partial charge in [0.05, 0.1) is 0 Å². The molecule has 0 radical (unpaired) electrons. The Morgan fingerprint density at radius 1 is 1.43 bits per heavy atom. The van der Waals surface area contributed by atoms with Crippen molar-refractivity contribution < 1.29 is 4.79 Å². The van der Waals surface area contributed by atoms with Gasteiger partial charge in [-0.25, -0.2) is 0 Å². The summed E-state index contributed by atoms with van der Waals surface area (Å²) in [6, 6.07) is 0. The number of carbonyl (C=O) groups excluding carboxylic acids is 1. The van der Waals surface area contributed by atoms with Crippen molar-refractivity contribution in [3.8, 4) is 0 Å². The highest BCUT2D eigenvalue weighted by atomic mass is 32.1. The van der Waals surface area contributed by atoms with E-state index in [1.165, 1.54) is 0 Å².